The van der Waals surface area contributed by atoms with Crippen LogP contribution in [0.4, 0.5) is 0 Å². The number of carbonyl (C=O) groups excluding carboxylic acids is 3. The molecule has 0 aromatic heterocycles. The molecule has 0 radical (unpaired) electrons. The summed E-state index contributed by atoms with van der Waals surface area (Å²) in [6.07, 6.45) is 97.5. The van der Waals surface area contributed by atoms with Crippen molar-refractivity contribution in [2.45, 2.75) is 316 Å². The van der Waals surface area contributed by atoms with E-state index in [9.17, 15) is 14.4 Å². The van der Waals surface area contributed by atoms with Gasteiger partial charge in [0.05, 0.1) is 0 Å². The van der Waals surface area contributed by atoms with E-state index in [1.54, 1.807) is 0 Å². The highest BCUT2D eigenvalue weighted by molar-refractivity contribution is 5.71. The van der Waals surface area contributed by atoms with E-state index in [4.69, 9.17) is 14.2 Å². The van der Waals surface area contributed by atoms with E-state index in [2.05, 4.69) is 154 Å². The number of hydrogen-bond acceptors (Lipinski definition) is 6. The SMILES string of the molecule is CC/C=C\C/C=C\C/C=C\C/C=C\C/C=C\C/C=C\C/C=C\C/C=C\C/C=C\C/C=C\CCCCCCC(=O)OCC(COC(=O)CCCCCCCCCCCCCCCC)OC(=O)CCCCCCC/C=C\CCCCCCCC. The summed E-state index contributed by atoms with van der Waals surface area (Å²) in [6, 6.07) is 0. The smallest absolute Gasteiger partial charge is 0.306 e. The van der Waals surface area contributed by atoms with Crippen molar-refractivity contribution in [3.63, 3.8) is 0 Å². The molecule has 0 aliphatic rings. The molecule has 0 bridgehead atoms. The molecule has 0 N–H and O–H groups in total. The average Bonchev–Trinajstić information content (AvgIpc) is 3.48. The molecule has 0 heterocycles. The van der Waals surface area contributed by atoms with Crippen molar-refractivity contribution >= 4 is 17.9 Å². The third-order valence-electron chi connectivity index (χ3n) is 14.4. The van der Waals surface area contributed by atoms with E-state index >= 15 is 0 Å². The topological polar surface area (TPSA) is 78.9 Å². The lowest BCUT2D eigenvalue weighted by molar-refractivity contribution is -0.167. The molecule has 6 nitrogen and oxygen atoms in total. The molecule has 0 saturated heterocycles. The van der Waals surface area contributed by atoms with Gasteiger partial charge >= 0.3 is 17.9 Å². The first-order chi connectivity index (χ1) is 40.5. The second-order valence-electron chi connectivity index (χ2n) is 22.4. The third-order valence-corrected chi connectivity index (χ3v) is 14.4. The van der Waals surface area contributed by atoms with Crippen LogP contribution in [-0.2, 0) is 28.6 Å². The molecule has 0 fully saturated rings. The van der Waals surface area contributed by atoms with Crippen molar-refractivity contribution in [2.75, 3.05) is 13.2 Å². The van der Waals surface area contributed by atoms with Crippen LogP contribution in [0.5, 0.6) is 0 Å². The van der Waals surface area contributed by atoms with Crippen molar-refractivity contribution < 1.29 is 28.6 Å². The molecule has 0 spiro atoms. The summed E-state index contributed by atoms with van der Waals surface area (Å²) in [7, 11) is 0. The minimum atomic E-state index is -0.795. The third kappa shape index (κ3) is 66.4. The molecule has 0 aliphatic heterocycles. The van der Waals surface area contributed by atoms with Crippen LogP contribution in [0.15, 0.2) is 134 Å². The Morgan fingerprint density at radius 3 is 0.756 bits per heavy atom. The lowest BCUT2D eigenvalue weighted by atomic mass is 10.0. The number of allylic oxidation sites excluding steroid dienone is 22. The van der Waals surface area contributed by atoms with Gasteiger partial charge in [-0.25, -0.2) is 0 Å². The van der Waals surface area contributed by atoms with Crippen molar-refractivity contribution in [3.05, 3.63) is 134 Å². The van der Waals surface area contributed by atoms with Crippen LogP contribution in [0.25, 0.3) is 0 Å². The van der Waals surface area contributed by atoms with Crippen LogP contribution in [0, 0.1) is 0 Å². The first kappa shape index (κ1) is 77.5. The Morgan fingerprint density at radius 1 is 0.256 bits per heavy atom. The highest BCUT2D eigenvalue weighted by atomic mass is 16.6. The lowest BCUT2D eigenvalue weighted by Gasteiger charge is -2.18. The van der Waals surface area contributed by atoms with E-state index in [-0.39, 0.29) is 31.1 Å². The van der Waals surface area contributed by atoms with Gasteiger partial charge in [0.15, 0.2) is 6.10 Å². The van der Waals surface area contributed by atoms with Gasteiger partial charge in [0.2, 0.25) is 0 Å². The minimum Gasteiger partial charge on any atom is -0.462 e. The Bertz CT molecular complexity index is 1730. The van der Waals surface area contributed by atoms with Crippen LogP contribution < -0.4 is 0 Å². The minimum absolute atomic E-state index is 0.0890. The van der Waals surface area contributed by atoms with Gasteiger partial charge < -0.3 is 14.2 Å². The Kier molecular flexibility index (Phi) is 65.3. The zero-order valence-electron chi connectivity index (χ0n) is 53.5. The van der Waals surface area contributed by atoms with Crippen molar-refractivity contribution in [1.29, 1.82) is 0 Å². The van der Waals surface area contributed by atoms with Gasteiger partial charge in [0.25, 0.3) is 0 Å². The van der Waals surface area contributed by atoms with Gasteiger partial charge in [-0.1, -0.05) is 302 Å². The predicted molar refractivity (Wildman–Crippen MR) is 357 cm³/mol. The van der Waals surface area contributed by atoms with Gasteiger partial charge in [-0.2, -0.15) is 0 Å². The Balaban J connectivity index is 4.32. The van der Waals surface area contributed by atoms with E-state index in [0.717, 1.165) is 148 Å². The summed E-state index contributed by atoms with van der Waals surface area (Å²) < 4.78 is 16.9. The zero-order valence-corrected chi connectivity index (χ0v) is 53.5. The van der Waals surface area contributed by atoms with Gasteiger partial charge in [0, 0.05) is 19.3 Å². The van der Waals surface area contributed by atoms with E-state index in [1.807, 2.05) is 0 Å². The number of unbranched alkanes of at least 4 members (excludes halogenated alkanes) is 28. The van der Waals surface area contributed by atoms with Crippen molar-refractivity contribution in [3.8, 4) is 0 Å². The van der Waals surface area contributed by atoms with Crippen LogP contribution in [0.3, 0.4) is 0 Å². The number of hydrogen-bond donors (Lipinski definition) is 0. The largest absolute Gasteiger partial charge is 0.462 e. The van der Waals surface area contributed by atoms with Crippen molar-refractivity contribution in [2.24, 2.45) is 0 Å². The monoisotopic (exact) mass is 1130 g/mol. The zero-order chi connectivity index (χ0) is 59.2. The van der Waals surface area contributed by atoms with Crippen LogP contribution in [0.1, 0.15) is 310 Å². The first-order valence-corrected chi connectivity index (χ1v) is 34.2. The number of rotatable bonds is 61. The molecule has 0 rings (SSSR count). The standard InChI is InChI=1S/C76H126O6/c1-4-7-10-13-16-19-22-25-28-29-30-31-32-33-34-35-36-37-38-39-40-41-42-43-44-45-46-47-49-51-54-57-60-63-66-69-75(78)81-72-73(71-80-74(77)68-65-62-59-56-53-50-27-24-21-18-15-12-9-6-3)82-76(79)70-67-64-61-58-55-52-48-26-23-20-17-14-11-8-5-2/h7,10,16,19,25-26,28,30-31,33-34,36-37,39-40,42-43,45-46,48-49,51,73H,4-6,8-9,11-15,17-18,20-24,27,29,32,35,38,41,44,47,50,52-72H2,1-3H3/b10-7-,19-16-,28-25-,31-30-,34-33-,37-36-,40-39-,43-42-,46-45-,48-26-,51-49-. The summed E-state index contributed by atoms with van der Waals surface area (Å²) in [5, 5.41) is 0. The summed E-state index contributed by atoms with van der Waals surface area (Å²) in [5.74, 6) is -0.917. The number of esters is 3. The fourth-order valence-corrected chi connectivity index (χ4v) is 9.29. The molecule has 6 heteroatoms. The normalized spacial score (nSPS) is 13.0. The Morgan fingerprint density at radius 2 is 0.476 bits per heavy atom. The molecule has 0 aliphatic carbocycles. The molecular formula is C76H126O6. The molecular weight excluding hydrogens is 1010 g/mol. The highest BCUT2D eigenvalue weighted by Gasteiger charge is 2.19. The fourth-order valence-electron chi connectivity index (χ4n) is 9.29. The van der Waals surface area contributed by atoms with E-state index < -0.39 is 6.10 Å². The summed E-state index contributed by atoms with van der Waals surface area (Å²) in [6.45, 7) is 6.51. The highest BCUT2D eigenvalue weighted by Crippen LogP contribution is 2.16. The molecule has 1 unspecified atom stereocenters. The molecule has 0 aromatic rings. The van der Waals surface area contributed by atoms with Gasteiger partial charge in [-0.3, -0.25) is 14.4 Å². The second-order valence-corrected chi connectivity index (χ2v) is 22.4. The predicted octanol–water partition coefficient (Wildman–Crippen LogP) is 23.7. The average molecular weight is 1140 g/mol. The molecule has 0 saturated carbocycles. The Hall–Kier alpha value is -4.45. The van der Waals surface area contributed by atoms with E-state index in [1.165, 1.54) is 122 Å². The molecule has 1 atom stereocenters. The summed E-state index contributed by atoms with van der Waals surface area (Å²) in [5.41, 5.74) is 0. The molecule has 466 valence electrons. The quantitative estimate of drug-likeness (QED) is 0.0261. The van der Waals surface area contributed by atoms with Gasteiger partial charge in [-0.15, -0.1) is 0 Å². The fraction of sp³-hybridized carbons (Fsp3) is 0.671. The second kappa shape index (κ2) is 69.0. The number of carbonyl (C=O) groups is 3. The first-order valence-electron chi connectivity index (χ1n) is 34.2. The maximum absolute atomic E-state index is 12.9. The lowest BCUT2D eigenvalue weighted by Crippen LogP contribution is -2.30. The van der Waals surface area contributed by atoms with Crippen LogP contribution in [-0.4, -0.2) is 37.2 Å². The van der Waals surface area contributed by atoms with Crippen LogP contribution in [0.2, 0.25) is 0 Å². The summed E-state index contributed by atoms with van der Waals surface area (Å²) in [4.78, 5) is 38.3. The maximum atomic E-state index is 12.9. The molecule has 0 amide bonds. The molecule has 82 heavy (non-hydrogen) atoms. The maximum Gasteiger partial charge on any atom is 0.306 e. The van der Waals surface area contributed by atoms with E-state index in [0.29, 0.717) is 19.3 Å². The van der Waals surface area contributed by atoms with Gasteiger partial charge in [-0.05, 0) is 122 Å². The summed E-state index contributed by atoms with van der Waals surface area (Å²) >= 11 is 0. The van der Waals surface area contributed by atoms with Gasteiger partial charge in [0.1, 0.15) is 13.2 Å². The Labute approximate surface area is 506 Å². The van der Waals surface area contributed by atoms with Crippen LogP contribution >= 0.6 is 0 Å². The van der Waals surface area contributed by atoms with Crippen molar-refractivity contribution in [1.82, 2.24) is 0 Å². The molecule has 0 aromatic carbocycles. The number of ether oxygens (including phenoxy) is 3.